The number of aryl methyl sites for hydroxylation is 1. The lowest BCUT2D eigenvalue weighted by molar-refractivity contribution is 0.574. The summed E-state index contributed by atoms with van der Waals surface area (Å²) in [5.74, 6) is -0.332. The average Bonchev–Trinajstić information content (AvgIpc) is 2.70. The maximum absolute atomic E-state index is 13.3. The summed E-state index contributed by atoms with van der Waals surface area (Å²) >= 11 is 0. The van der Waals surface area contributed by atoms with Crippen LogP contribution in [-0.2, 0) is 0 Å². The fraction of sp³-hybridized carbons (Fsp3) is 0.278. The van der Waals surface area contributed by atoms with Crippen molar-refractivity contribution in [3.05, 3.63) is 58.7 Å². The molecule has 0 amide bonds. The zero-order chi connectivity index (χ0) is 15.6. The van der Waals surface area contributed by atoms with Crippen LogP contribution in [0.25, 0.3) is 11.6 Å². The fourth-order valence-electron chi connectivity index (χ4n) is 2.73. The number of aromatic nitrogens is 1. The molecule has 1 aromatic heterocycles. The van der Waals surface area contributed by atoms with Gasteiger partial charge in [-0.25, -0.2) is 4.39 Å². The van der Waals surface area contributed by atoms with Crippen molar-refractivity contribution in [2.75, 3.05) is 0 Å². The Balaban J connectivity index is 2.52. The summed E-state index contributed by atoms with van der Waals surface area (Å²) in [6.45, 7) is 8.36. The molecule has 3 heteroatoms. The monoisotopic (exact) mass is 282 g/mol. The molecule has 0 saturated heterocycles. The van der Waals surface area contributed by atoms with Crippen molar-refractivity contribution < 1.29 is 4.39 Å². The third kappa shape index (κ3) is 3.05. The van der Waals surface area contributed by atoms with E-state index in [9.17, 15) is 9.65 Å². The number of hydrogen-bond acceptors (Lipinski definition) is 1. The predicted molar refractivity (Wildman–Crippen MR) is 84.2 cm³/mol. The SMILES string of the molecule is Cc1cc(/C=C(/C#N)c2cccc(F)c2)c(C)n1C(C)C. The van der Waals surface area contributed by atoms with E-state index in [2.05, 4.69) is 37.5 Å². The Kier molecular flexibility index (Phi) is 4.28. The fourth-order valence-corrected chi connectivity index (χ4v) is 2.73. The van der Waals surface area contributed by atoms with Crippen molar-refractivity contribution in [2.24, 2.45) is 0 Å². The van der Waals surface area contributed by atoms with E-state index in [0.29, 0.717) is 17.2 Å². The second-order valence-electron chi connectivity index (χ2n) is 5.47. The van der Waals surface area contributed by atoms with Crippen LogP contribution in [0.1, 0.15) is 42.4 Å². The lowest BCUT2D eigenvalue weighted by atomic mass is 10.0. The van der Waals surface area contributed by atoms with Crippen LogP contribution in [0.3, 0.4) is 0 Å². The third-order valence-electron chi connectivity index (χ3n) is 3.60. The van der Waals surface area contributed by atoms with Gasteiger partial charge in [0.15, 0.2) is 0 Å². The lowest BCUT2D eigenvalue weighted by Gasteiger charge is -2.13. The highest BCUT2D eigenvalue weighted by Gasteiger charge is 2.11. The molecule has 2 nitrogen and oxygen atoms in total. The highest BCUT2D eigenvalue weighted by atomic mass is 19.1. The van der Waals surface area contributed by atoms with Crippen molar-refractivity contribution in [3.8, 4) is 6.07 Å². The predicted octanol–water partition coefficient (Wildman–Crippen LogP) is 4.89. The van der Waals surface area contributed by atoms with Crippen molar-refractivity contribution in [2.45, 2.75) is 33.7 Å². The summed E-state index contributed by atoms with van der Waals surface area (Å²) in [5, 5.41) is 9.36. The first-order valence-corrected chi connectivity index (χ1v) is 7.00. The smallest absolute Gasteiger partial charge is 0.123 e. The number of hydrogen-bond donors (Lipinski definition) is 0. The van der Waals surface area contributed by atoms with Gasteiger partial charge in [0, 0.05) is 17.4 Å². The van der Waals surface area contributed by atoms with Gasteiger partial charge in [-0.1, -0.05) is 12.1 Å². The molecule has 2 rings (SSSR count). The van der Waals surface area contributed by atoms with Gasteiger partial charge in [-0.2, -0.15) is 5.26 Å². The second-order valence-corrected chi connectivity index (χ2v) is 5.47. The molecule has 0 unspecified atom stereocenters. The van der Waals surface area contributed by atoms with Gasteiger partial charge in [-0.15, -0.1) is 0 Å². The first-order valence-electron chi connectivity index (χ1n) is 7.00. The molecular formula is C18H19FN2. The van der Waals surface area contributed by atoms with E-state index in [0.717, 1.165) is 17.0 Å². The van der Waals surface area contributed by atoms with E-state index >= 15 is 0 Å². The van der Waals surface area contributed by atoms with Gasteiger partial charge >= 0.3 is 0 Å². The van der Waals surface area contributed by atoms with Gasteiger partial charge < -0.3 is 4.57 Å². The number of allylic oxidation sites excluding steroid dienone is 1. The van der Waals surface area contributed by atoms with Crippen LogP contribution in [0.4, 0.5) is 4.39 Å². The normalized spacial score (nSPS) is 11.8. The quantitative estimate of drug-likeness (QED) is 0.737. The molecule has 0 radical (unpaired) electrons. The summed E-state index contributed by atoms with van der Waals surface area (Å²) in [6, 6.07) is 10.7. The molecule has 2 aromatic rings. The number of rotatable bonds is 3. The molecule has 0 spiro atoms. The van der Waals surface area contributed by atoms with Crippen molar-refractivity contribution in [1.82, 2.24) is 4.57 Å². The van der Waals surface area contributed by atoms with Crippen LogP contribution in [0, 0.1) is 31.0 Å². The number of nitriles is 1. The molecule has 108 valence electrons. The molecule has 1 heterocycles. The van der Waals surface area contributed by atoms with Crippen molar-refractivity contribution in [3.63, 3.8) is 0 Å². The van der Waals surface area contributed by atoms with Crippen molar-refractivity contribution in [1.29, 1.82) is 5.26 Å². The minimum Gasteiger partial charge on any atom is -0.346 e. The molecular weight excluding hydrogens is 263 g/mol. The van der Waals surface area contributed by atoms with E-state index in [1.807, 2.05) is 13.0 Å². The molecule has 1 aromatic carbocycles. The zero-order valence-electron chi connectivity index (χ0n) is 12.8. The average molecular weight is 282 g/mol. The summed E-state index contributed by atoms with van der Waals surface area (Å²) in [5.41, 5.74) is 4.35. The van der Waals surface area contributed by atoms with E-state index in [-0.39, 0.29) is 5.82 Å². The third-order valence-corrected chi connectivity index (χ3v) is 3.60. The standard InChI is InChI=1S/C18H19FN2/c1-12(2)21-13(3)8-16(14(21)4)9-17(11-20)15-6-5-7-18(19)10-15/h5-10,12H,1-4H3/b17-9-. The Hall–Kier alpha value is -2.34. The largest absolute Gasteiger partial charge is 0.346 e. The molecule has 0 atom stereocenters. The van der Waals surface area contributed by atoms with Crippen LogP contribution in [-0.4, -0.2) is 4.57 Å². The maximum atomic E-state index is 13.3. The Bertz CT molecular complexity index is 730. The van der Waals surface area contributed by atoms with Crippen LogP contribution in [0.5, 0.6) is 0 Å². The molecule has 0 aliphatic carbocycles. The van der Waals surface area contributed by atoms with Crippen LogP contribution >= 0.6 is 0 Å². The minimum atomic E-state index is -0.332. The topological polar surface area (TPSA) is 28.7 Å². The van der Waals surface area contributed by atoms with Gasteiger partial charge in [-0.05, 0) is 63.1 Å². The molecule has 0 fully saturated rings. The zero-order valence-corrected chi connectivity index (χ0v) is 12.8. The van der Waals surface area contributed by atoms with Crippen LogP contribution < -0.4 is 0 Å². The Morgan fingerprint density at radius 1 is 1.29 bits per heavy atom. The Morgan fingerprint density at radius 3 is 2.52 bits per heavy atom. The lowest BCUT2D eigenvalue weighted by Crippen LogP contribution is -2.04. The van der Waals surface area contributed by atoms with Crippen LogP contribution in [0.2, 0.25) is 0 Å². The minimum absolute atomic E-state index is 0.332. The molecule has 0 bridgehead atoms. The molecule has 0 N–H and O–H groups in total. The van der Waals surface area contributed by atoms with E-state index in [1.165, 1.54) is 12.1 Å². The highest BCUT2D eigenvalue weighted by Crippen LogP contribution is 2.25. The van der Waals surface area contributed by atoms with E-state index in [1.54, 1.807) is 12.1 Å². The van der Waals surface area contributed by atoms with Crippen LogP contribution in [0.15, 0.2) is 30.3 Å². The number of halogens is 1. The molecule has 0 saturated carbocycles. The Labute approximate surface area is 125 Å². The maximum Gasteiger partial charge on any atom is 0.123 e. The van der Waals surface area contributed by atoms with Crippen molar-refractivity contribution >= 4 is 11.6 Å². The first kappa shape index (κ1) is 15.1. The van der Waals surface area contributed by atoms with Gasteiger partial charge in [-0.3, -0.25) is 0 Å². The van der Waals surface area contributed by atoms with Gasteiger partial charge in [0.2, 0.25) is 0 Å². The summed E-state index contributed by atoms with van der Waals surface area (Å²) in [4.78, 5) is 0. The Morgan fingerprint density at radius 2 is 2.00 bits per heavy atom. The molecule has 0 aliphatic rings. The number of nitrogens with zero attached hydrogens (tertiary/aromatic N) is 2. The molecule has 21 heavy (non-hydrogen) atoms. The molecule has 0 aliphatic heterocycles. The van der Waals surface area contributed by atoms with E-state index < -0.39 is 0 Å². The van der Waals surface area contributed by atoms with Gasteiger partial charge in [0.25, 0.3) is 0 Å². The second kappa shape index (κ2) is 5.97. The summed E-state index contributed by atoms with van der Waals surface area (Å²) in [6.07, 6.45) is 1.83. The van der Waals surface area contributed by atoms with E-state index in [4.69, 9.17) is 0 Å². The highest BCUT2D eigenvalue weighted by molar-refractivity contribution is 5.90. The van der Waals surface area contributed by atoms with Gasteiger partial charge in [0.1, 0.15) is 5.82 Å². The summed E-state index contributed by atoms with van der Waals surface area (Å²) in [7, 11) is 0. The van der Waals surface area contributed by atoms with Gasteiger partial charge in [0.05, 0.1) is 11.6 Å². The first-order chi connectivity index (χ1) is 9.93. The summed E-state index contributed by atoms with van der Waals surface area (Å²) < 4.78 is 15.5. The number of benzene rings is 1.